The third kappa shape index (κ3) is 5.04. The molecule has 0 atom stereocenters. The summed E-state index contributed by atoms with van der Waals surface area (Å²) in [4.78, 5) is 0. The molecule has 2 aromatic rings. The summed E-state index contributed by atoms with van der Waals surface area (Å²) in [6, 6.07) is 10.4. The van der Waals surface area contributed by atoms with Gasteiger partial charge >= 0.3 is 0 Å². The summed E-state index contributed by atoms with van der Waals surface area (Å²) in [6.45, 7) is 5.70. The Kier molecular flexibility index (Phi) is 8.24. The van der Waals surface area contributed by atoms with E-state index < -0.39 is 0 Å². The molecule has 2 aromatic carbocycles. The van der Waals surface area contributed by atoms with Gasteiger partial charge in [0.1, 0.15) is 18.1 Å². The van der Waals surface area contributed by atoms with Gasteiger partial charge in [0, 0.05) is 10.8 Å². The molecule has 2 rings (SSSR count). The average molecular weight is 349 g/mol. The highest BCUT2D eigenvalue weighted by Gasteiger charge is 2.13. The quantitative estimate of drug-likeness (QED) is 0.347. The number of unbranched alkanes of at least 4 members (excludes halogenated alkanes) is 4. The molecule has 0 aliphatic heterocycles. The van der Waals surface area contributed by atoms with Crippen LogP contribution in [0.15, 0.2) is 30.3 Å². The van der Waals surface area contributed by atoms with Crippen LogP contribution >= 0.6 is 11.6 Å². The summed E-state index contributed by atoms with van der Waals surface area (Å²) < 4.78 is 12.0. The maximum atomic E-state index is 6.20. The number of halogens is 1. The molecule has 0 saturated carbocycles. The predicted molar refractivity (Wildman–Crippen MR) is 104 cm³/mol. The van der Waals surface area contributed by atoms with Crippen molar-refractivity contribution in [2.24, 2.45) is 0 Å². The van der Waals surface area contributed by atoms with E-state index in [2.05, 4.69) is 38.1 Å². The van der Waals surface area contributed by atoms with Gasteiger partial charge in [-0.25, -0.2) is 0 Å². The lowest BCUT2D eigenvalue weighted by molar-refractivity contribution is 0.304. The van der Waals surface area contributed by atoms with Crippen molar-refractivity contribution in [3.63, 3.8) is 0 Å². The number of benzene rings is 2. The van der Waals surface area contributed by atoms with Crippen molar-refractivity contribution in [1.82, 2.24) is 0 Å². The molecule has 0 aliphatic rings. The molecule has 0 fully saturated rings. The number of rotatable bonds is 11. The Morgan fingerprint density at radius 3 is 2.33 bits per heavy atom. The van der Waals surface area contributed by atoms with Gasteiger partial charge in [-0.15, -0.1) is 11.6 Å². The van der Waals surface area contributed by atoms with Gasteiger partial charge in [0.05, 0.1) is 12.5 Å². The molecule has 24 heavy (non-hydrogen) atoms. The SMILES string of the molecule is CCCCCCCOc1c(CC)cc(OCCCl)c2ccccc12. The van der Waals surface area contributed by atoms with Crippen molar-refractivity contribution >= 4 is 22.4 Å². The Hall–Kier alpha value is -1.41. The second-order valence-corrected chi connectivity index (χ2v) is 6.44. The van der Waals surface area contributed by atoms with Crippen LogP contribution in [0.1, 0.15) is 51.5 Å². The highest BCUT2D eigenvalue weighted by Crippen LogP contribution is 2.37. The zero-order valence-electron chi connectivity index (χ0n) is 14.9. The Morgan fingerprint density at radius 1 is 0.875 bits per heavy atom. The number of hydrogen-bond acceptors (Lipinski definition) is 2. The molecular weight excluding hydrogens is 320 g/mol. The van der Waals surface area contributed by atoms with Gasteiger partial charge in [-0.1, -0.05) is 63.8 Å². The Labute approximate surface area is 151 Å². The van der Waals surface area contributed by atoms with E-state index in [-0.39, 0.29) is 0 Å². The Bertz CT molecular complexity index is 625. The number of hydrogen-bond donors (Lipinski definition) is 0. The topological polar surface area (TPSA) is 18.5 Å². The minimum atomic E-state index is 0.492. The van der Waals surface area contributed by atoms with Gasteiger partial charge in [0.25, 0.3) is 0 Å². The fraction of sp³-hybridized carbons (Fsp3) is 0.524. The summed E-state index contributed by atoms with van der Waals surface area (Å²) in [6.07, 6.45) is 7.16. The Morgan fingerprint density at radius 2 is 1.62 bits per heavy atom. The third-order valence-corrected chi connectivity index (χ3v) is 4.40. The second kappa shape index (κ2) is 10.5. The molecule has 0 saturated heterocycles. The first kappa shape index (κ1) is 18.9. The minimum Gasteiger partial charge on any atom is -0.493 e. The van der Waals surface area contributed by atoms with E-state index in [1.807, 2.05) is 6.07 Å². The lowest BCUT2D eigenvalue weighted by Crippen LogP contribution is -2.04. The van der Waals surface area contributed by atoms with Gasteiger partial charge in [-0.2, -0.15) is 0 Å². The van der Waals surface area contributed by atoms with Crippen LogP contribution in [0, 0.1) is 0 Å². The molecule has 0 heterocycles. The minimum absolute atomic E-state index is 0.492. The predicted octanol–water partition coefficient (Wildman–Crippen LogP) is 6.37. The van der Waals surface area contributed by atoms with Crippen LogP contribution in [0.5, 0.6) is 11.5 Å². The van der Waals surface area contributed by atoms with Crippen molar-refractivity contribution in [3.8, 4) is 11.5 Å². The molecule has 132 valence electrons. The van der Waals surface area contributed by atoms with Crippen LogP contribution < -0.4 is 9.47 Å². The summed E-state index contributed by atoms with van der Waals surface area (Å²) in [5, 5.41) is 2.23. The van der Waals surface area contributed by atoms with Crippen LogP contribution in [-0.2, 0) is 6.42 Å². The summed E-state index contributed by atoms with van der Waals surface area (Å²) >= 11 is 5.78. The number of aryl methyl sites for hydroxylation is 1. The van der Waals surface area contributed by atoms with Gasteiger partial charge in [0.15, 0.2) is 0 Å². The first-order chi connectivity index (χ1) is 11.8. The molecule has 0 unspecified atom stereocenters. The fourth-order valence-electron chi connectivity index (χ4n) is 2.95. The van der Waals surface area contributed by atoms with Crippen LogP contribution in [0.4, 0.5) is 0 Å². The van der Waals surface area contributed by atoms with Crippen molar-refractivity contribution in [3.05, 3.63) is 35.9 Å². The van der Waals surface area contributed by atoms with Gasteiger partial charge in [-0.05, 0) is 24.5 Å². The molecule has 0 bridgehead atoms. The molecule has 0 spiro atoms. The van der Waals surface area contributed by atoms with Crippen molar-refractivity contribution in [2.45, 2.75) is 52.4 Å². The van der Waals surface area contributed by atoms with Gasteiger partial charge in [0.2, 0.25) is 0 Å². The zero-order valence-corrected chi connectivity index (χ0v) is 15.7. The largest absolute Gasteiger partial charge is 0.493 e. The molecule has 0 N–H and O–H groups in total. The molecule has 0 radical (unpaired) electrons. The summed E-state index contributed by atoms with van der Waals surface area (Å²) in [5.74, 6) is 2.41. The smallest absolute Gasteiger partial charge is 0.130 e. The lowest BCUT2D eigenvalue weighted by atomic mass is 10.0. The first-order valence-corrected chi connectivity index (χ1v) is 9.71. The molecule has 0 aliphatic carbocycles. The normalized spacial score (nSPS) is 11.0. The monoisotopic (exact) mass is 348 g/mol. The van der Waals surface area contributed by atoms with E-state index in [1.165, 1.54) is 31.2 Å². The van der Waals surface area contributed by atoms with E-state index in [4.69, 9.17) is 21.1 Å². The van der Waals surface area contributed by atoms with Crippen LogP contribution in [0.25, 0.3) is 10.8 Å². The highest BCUT2D eigenvalue weighted by atomic mass is 35.5. The average Bonchev–Trinajstić information content (AvgIpc) is 2.63. The first-order valence-electron chi connectivity index (χ1n) is 9.18. The fourth-order valence-corrected chi connectivity index (χ4v) is 3.03. The van der Waals surface area contributed by atoms with E-state index in [1.54, 1.807) is 0 Å². The Balaban J connectivity index is 2.18. The van der Waals surface area contributed by atoms with Crippen molar-refractivity contribution < 1.29 is 9.47 Å². The van der Waals surface area contributed by atoms with Gasteiger partial charge < -0.3 is 9.47 Å². The van der Waals surface area contributed by atoms with E-state index in [0.717, 1.165) is 41.7 Å². The van der Waals surface area contributed by atoms with E-state index >= 15 is 0 Å². The van der Waals surface area contributed by atoms with Crippen LogP contribution in [-0.4, -0.2) is 19.1 Å². The summed E-state index contributed by atoms with van der Waals surface area (Å²) in [7, 11) is 0. The maximum Gasteiger partial charge on any atom is 0.130 e. The van der Waals surface area contributed by atoms with Crippen LogP contribution in [0.3, 0.4) is 0 Å². The van der Waals surface area contributed by atoms with Gasteiger partial charge in [-0.3, -0.25) is 0 Å². The molecule has 3 heteroatoms. The van der Waals surface area contributed by atoms with Crippen molar-refractivity contribution in [2.75, 3.05) is 19.1 Å². The second-order valence-electron chi connectivity index (χ2n) is 6.06. The summed E-state index contributed by atoms with van der Waals surface area (Å²) in [5.41, 5.74) is 1.20. The van der Waals surface area contributed by atoms with E-state index in [9.17, 15) is 0 Å². The number of alkyl halides is 1. The number of fused-ring (bicyclic) bond motifs is 1. The zero-order chi connectivity index (χ0) is 17.2. The third-order valence-electron chi connectivity index (χ3n) is 4.24. The maximum absolute atomic E-state index is 6.20. The van der Waals surface area contributed by atoms with E-state index in [0.29, 0.717) is 12.5 Å². The molecular formula is C21H29ClO2. The molecule has 0 aromatic heterocycles. The lowest BCUT2D eigenvalue weighted by Gasteiger charge is -2.17. The molecule has 0 amide bonds. The highest BCUT2D eigenvalue weighted by molar-refractivity contribution is 6.18. The molecule has 2 nitrogen and oxygen atoms in total. The van der Waals surface area contributed by atoms with Crippen molar-refractivity contribution in [1.29, 1.82) is 0 Å². The number of ether oxygens (including phenoxy) is 2. The standard InChI is InChI=1S/C21H29ClO2/c1-3-5-6-7-10-14-24-21-17(4-2)16-20(23-15-13-22)18-11-8-9-12-19(18)21/h8-9,11-12,16H,3-7,10,13-15H2,1-2H3. The van der Waals surface area contributed by atoms with Crippen LogP contribution in [0.2, 0.25) is 0 Å².